The molecule has 4 rings (SSSR count). The molecule has 6 nitrogen and oxygen atoms in total. The van der Waals surface area contributed by atoms with Crippen molar-refractivity contribution in [3.63, 3.8) is 0 Å². The molecular weight excluding hydrogens is 328 g/mol. The lowest BCUT2D eigenvalue weighted by Gasteiger charge is -2.18. The zero-order valence-electron chi connectivity index (χ0n) is 12.6. The molecule has 0 aliphatic carbocycles. The van der Waals surface area contributed by atoms with E-state index in [1.54, 1.807) is 23.5 Å². The van der Waals surface area contributed by atoms with Crippen molar-refractivity contribution < 1.29 is 14.3 Å². The molecule has 0 spiro atoms. The average molecular weight is 342 g/mol. The van der Waals surface area contributed by atoms with Crippen LogP contribution < -0.4 is 20.2 Å². The fourth-order valence-electron chi connectivity index (χ4n) is 2.60. The Labute approximate surface area is 141 Å². The van der Waals surface area contributed by atoms with Gasteiger partial charge in [-0.15, -0.1) is 11.3 Å². The molecule has 1 aromatic carbocycles. The third-order valence-corrected chi connectivity index (χ3v) is 4.67. The Balaban J connectivity index is 1.67. The fourth-order valence-corrected chi connectivity index (χ4v) is 3.25. The van der Waals surface area contributed by atoms with E-state index in [1.165, 1.54) is 6.20 Å². The van der Waals surface area contributed by atoms with Crippen LogP contribution in [0.25, 0.3) is 10.9 Å². The maximum absolute atomic E-state index is 12.6. The molecule has 3 aromatic rings. The van der Waals surface area contributed by atoms with Gasteiger partial charge in [0.25, 0.3) is 5.91 Å². The Morgan fingerprint density at radius 2 is 2.04 bits per heavy atom. The third kappa shape index (κ3) is 2.63. The van der Waals surface area contributed by atoms with Crippen molar-refractivity contribution in [1.82, 2.24) is 10.3 Å². The van der Waals surface area contributed by atoms with Gasteiger partial charge in [0.1, 0.15) is 18.8 Å². The highest BCUT2D eigenvalue weighted by Gasteiger charge is 2.17. The largest absolute Gasteiger partial charge is 0.486 e. The number of pyridine rings is 1. The second-order valence-corrected chi connectivity index (χ2v) is 6.37. The van der Waals surface area contributed by atoms with E-state index >= 15 is 0 Å². The number of aromatic nitrogens is 1. The van der Waals surface area contributed by atoms with Crippen molar-refractivity contribution >= 4 is 28.1 Å². The monoisotopic (exact) mass is 342 g/mol. The predicted octanol–water partition coefficient (Wildman–Crippen LogP) is 2.29. The zero-order valence-corrected chi connectivity index (χ0v) is 13.4. The van der Waals surface area contributed by atoms with Crippen LogP contribution in [0.4, 0.5) is 0 Å². The van der Waals surface area contributed by atoms with E-state index in [2.05, 4.69) is 10.3 Å². The number of fused-ring (bicyclic) bond motifs is 2. The zero-order chi connectivity index (χ0) is 16.5. The summed E-state index contributed by atoms with van der Waals surface area (Å²) < 4.78 is 11.0. The summed E-state index contributed by atoms with van der Waals surface area (Å²) in [5, 5.41) is 5.11. The first-order valence-corrected chi connectivity index (χ1v) is 8.36. The molecule has 0 radical (unpaired) electrons. The summed E-state index contributed by atoms with van der Waals surface area (Å²) >= 11 is 1.55. The lowest BCUT2D eigenvalue weighted by molar-refractivity contribution is 0.0950. The molecule has 1 aliphatic heterocycles. The molecule has 0 bridgehead atoms. The lowest BCUT2D eigenvalue weighted by atomic mass is 10.1. The van der Waals surface area contributed by atoms with Gasteiger partial charge in [0.15, 0.2) is 11.5 Å². The number of aromatic amines is 1. The minimum absolute atomic E-state index is 0.0794. The molecule has 0 saturated heterocycles. The van der Waals surface area contributed by atoms with Crippen LogP contribution in [0, 0.1) is 0 Å². The summed E-state index contributed by atoms with van der Waals surface area (Å²) in [7, 11) is 0. The quantitative estimate of drug-likeness (QED) is 0.765. The molecule has 122 valence electrons. The number of nitrogens with one attached hydrogen (secondary N) is 2. The summed E-state index contributed by atoms with van der Waals surface area (Å²) in [4.78, 5) is 29.0. The molecule has 0 saturated carbocycles. The Hall–Kier alpha value is -2.80. The minimum atomic E-state index is -0.401. The first kappa shape index (κ1) is 14.8. The lowest BCUT2D eigenvalue weighted by Crippen LogP contribution is -2.28. The van der Waals surface area contributed by atoms with E-state index < -0.39 is 5.91 Å². The SMILES string of the molecule is O=C(NCc1cccs1)c1c[nH]c2cc3c(cc2c1=O)OCCO3. The minimum Gasteiger partial charge on any atom is -0.486 e. The number of carbonyl (C=O) groups excluding carboxylic acids is 1. The van der Waals surface area contributed by atoms with Crippen molar-refractivity contribution in [2.45, 2.75) is 6.54 Å². The number of H-pyrrole nitrogens is 1. The predicted molar refractivity (Wildman–Crippen MR) is 91.0 cm³/mol. The van der Waals surface area contributed by atoms with Crippen LogP contribution in [0.5, 0.6) is 11.5 Å². The summed E-state index contributed by atoms with van der Waals surface area (Å²) in [6.45, 7) is 1.32. The molecule has 0 atom stereocenters. The molecule has 7 heteroatoms. The Morgan fingerprint density at radius 3 is 2.79 bits per heavy atom. The van der Waals surface area contributed by atoms with Crippen LogP contribution in [0.15, 0.2) is 40.6 Å². The molecule has 0 fully saturated rings. The number of rotatable bonds is 3. The van der Waals surface area contributed by atoms with Gasteiger partial charge in [-0.05, 0) is 17.5 Å². The van der Waals surface area contributed by atoms with Gasteiger partial charge < -0.3 is 19.8 Å². The van der Waals surface area contributed by atoms with Gasteiger partial charge in [0.2, 0.25) is 5.43 Å². The van der Waals surface area contributed by atoms with Gasteiger partial charge >= 0.3 is 0 Å². The second-order valence-electron chi connectivity index (χ2n) is 5.33. The Bertz CT molecular complexity index is 963. The third-order valence-electron chi connectivity index (χ3n) is 3.79. The molecular formula is C17H14N2O4S. The Kier molecular flexibility index (Phi) is 3.70. The molecule has 24 heavy (non-hydrogen) atoms. The van der Waals surface area contributed by atoms with E-state index in [9.17, 15) is 9.59 Å². The second kappa shape index (κ2) is 6.01. The molecule has 2 aromatic heterocycles. The highest BCUT2D eigenvalue weighted by atomic mass is 32.1. The van der Waals surface area contributed by atoms with Crippen LogP contribution in [0.3, 0.4) is 0 Å². The number of thiophene rings is 1. The van der Waals surface area contributed by atoms with Crippen molar-refractivity contribution in [2.75, 3.05) is 13.2 Å². The van der Waals surface area contributed by atoms with Crippen LogP contribution in [0.1, 0.15) is 15.2 Å². The standard InChI is InChI=1S/C17H14N2O4S/c20-16-11-6-14-15(23-4-3-22-14)7-13(11)18-9-12(16)17(21)19-8-10-2-1-5-24-10/h1-2,5-7,9H,3-4,8H2,(H,18,20)(H,19,21). The van der Waals surface area contributed by atoms with Crippen LogP contribution >= 0.6 is 11.3 Å². The number of hydrogen-bond donors (Lipinski definition) is 2. The number of benzene rings is 1. The van der Waals surface area contributed by atoms with Crippen LogP contribution in [0.2, 0.25) is 0 Å². The van der Waals surface area contributed by atoms with Gasteiger partial charge in [-0.1, -0.05) is 6.07 Å². The van der Waals surface area contributed by atoms with E-state index in [4.69, 9.17) is 9.47 Å². The number of carbonyl (C=O) groups is 1. The first-order valence-electron chi connectivity index (χ1n) is 7.48. The first-order chi connectivity index (χ1) is 11.7. The summed E-state index contributed by atoms with van der Waals surface area (Å²) in [5.74, 6) is 0.719. The summed E-state index contributed by atoms with van der Waals surface area (Å²) in [6, 6.07) is 7.19. The smallest absolute Gasteiger partial charge is 0.257 e. The number of hydrogen-bond acceptors (Lipinski definition) is 5. The molecule has 2 N–H and O–H groups in total. The van der Waals surface area contributed by atoms with Crippen molar-refractivity contribution in [3.8, 4) is 11.5 Å². The molecule has 3 heterocycles. The summed E-state index contributed by atoms with van der Waals surface area (Å²) in [6.07, 6.45) is 1.44. The van der Waals surface area contributed by atoms with E-state index in [1.807, 2.05) is 17.5 Å². The maximum atomic E-state index is 12.6. The van der Waals surface area contributed by atoms with Crippen molar-refractivity contribution in [2.24, 2.45) is 0 Å². The topological polar surface area (TPSA) is 80.4 Å². The number of ether oxygens (including phenoxy) is 2. The molecule has 0 unspecified atom stereocenters. The average Bonchev–Trinajstić information content (AvgIpc) is 3.12. The van der Waals surface area contributed by atoms with Crippen molar-refractivity contribution in [1.29, 1.82) is 0 Å². The van der Waals surface area contributed by atoms with Crippen LogP contribution in [-0.2, 0) is 6.54 Å². The molecule has 1 amide bonds. The fraction of sp³-hybridized carbons (Fsp3) is 0.176. The van der Waals surface area contributed by atoms with Crippen molar-refractivity contribution in [3.05, 3.63) is 56.5 Å². The highest BCUT2D eigenvalue weighted by molar-refractivity contribution is 7.09. The Morgan fingerprint density at radius 1 is 1.25 bits per heavy atom. The molecule has 1 aliphatic rings. The highest BCUT2D eigenvalue weighted by Crippen LogP contribution is 2.32. The van der Waals surface area contributed by atoms with Gasteiger partial charge in [0.05, 0.1) is 17.4 Å². The van der Waals surface area contributed by atoms with Gasteiger partial charge in [-0.2, -0.15) is 0 Å². The summed E-state index contributed by atoms with van der Waals surface area (Å²) in [5.41, 5.74) is 0.360. The van der Waals surface area contributed by atoms with Crippen LogP contribution in [-0.4, -0.2) is 24.1 Å². The van der Waals surface area contributed by atoms with Gasteiger partial charge in [-0.25, -0.2) is 0 Å². The van der Waals surface area contributed by atoms with Gasteiger partial charge in [-0.3, -0.25) is 9.59 Å². The normalized spacial score (nSPS) is 13.0. The van der Waals surface area contributed by atoms with E-state index in [-0.39, 0.29) is 11.0 Å². The maximum Gasteiger partial charge on any atom is 0.257 e. The number of amides is 1. The van der Waals surface area contributed by atoms with E-state index in [0.717, 1.165) is 4.88 Å². The van der Waals surface area contributed by atoms with Gasteiger partial charge in [0, 0.05) is 17.1 Å². The van der Waals surface area contributed by atoms with E-state index in [0.29, 0.717) is 42.2 Å².